The number of aromatic nitrogens is 1. The smallest absolute Gasteiger partial charge is 0.123 e. The molecule has 0 amide bonds. The molecule has 0 fully saturated rings. The molecule has 1 aromatic heterocycles. The van der Waals surface area contributed by atoms with Gasteiger partial charge in [-0.25, -0.2) is 4.39 Å². The van der Waals surface area contributed by atoms with Crippen LogP contribution in [0.1, 0.15) is 5.69 Å². The minimum Gasteiger partial charge on any atom is -1.00 e. The number of fused-ring (bicyclic) bond motifs is 1. The molecule has 0 atom stereocenters. The third-order valence-corrected chi connectivity index (χ3v) is 11.7. The third-order valence-electron chi connectivity index (χ3n) is 7.34. The van der Waals surface area contributed by atoms with E-state index in [2.05, 4.69) is 127 Å². The number of aryl methyl sites for hydroxylation is 1. The van der Waals surface area contributed by atoms with Crippen molar-refractivity contribution >= 4 is 34.1 Å². The van der Waals surface area contributed by atoms with E-state index in [0.29, 0.717) is 0 Å². The van der Waals surface area contributed by atoms with Crippen LogP contribution in [0, 0.1) is 5.82 Å². The third kappa shape index (κ3) is 4.45. The summed E-state index contributed by atoms with van der Waals surface area (Å²) < 4.78 is 16.3. The van der Waals surface area contributed by atoms with Gasteiger partial charge in [0.2, 0.25) is 0 Å². The Labute approximate surface area is 230 Å². The molecule has 0 aliphatic carbocycles. The second kappa shape index (κ2) is 11.0. The zero-order valence-electron chi connectivity index (χ0n) is 21.1. The fourth-order valence-electron chi connectivity index (χ4n) is 5.56. The zero-order chi connectivity index (χ0) is 25.2. The van der Waals surface area contributed by atoms with Gasteiger partial charge in [-0.05, 0) is 60.2 Å². The number of rotatable bonds is 6. The van der Waals surface area contributed by atoms with Crippen LogP contribution in [0.2, 0.25) is 0 Å². The van der Waals surface area contributed by atoms with Crippen LogP contribution in [0.5, 0.6) is 0 Å². The van der Waals surface area contributed by atoms with Gasteiger partial charge in [0.25, 0.3) is 0 Å². The van der Waals surface area contributed by atoms with Crippen molar-refractivity contribution < 1.29 is 16.8 Å². The van der Waals surface area contributed by atoms with Crippen LogP contribution in [0.3, 0.4) is 0 Å². The fraction of sp³-hybridized carbons (Fsp3) is 0.0588. The Morgan fingerprint density at radius 1 is 0.579 bits per heavy atom. The quantitative estimate of drug-likeness (QED) is 0.277. The molecule has 0 radical (unpaired) electrons. The van der Waals surface area contributed by atoms with Gasteiger partial charge in [-0.1, -0.05) is 84.9 Å². The Hall–Kier alpha value is -3.71. The van der Waals surface area contributed by atoms with Crippen molar-refractivity contribution in [2.75, 3.05) is 0 Å². The van der Waals surface area contributed by atoms with Crippen LogP contribution < -0.4 is 28.3 Å². The highest BCUT2D eigenvalue weighted by Crippen LogP contribution is 2.59. The monoisotopic (exact) mass is 535 g/mol. The minimum atomic E-state index is -2.11. The number of halogens is 2. The van der Waals surface area contributed by atoms with Crippen molar-refractivity contribution in [2.45, 2.75) is 6.16 Å². The highest BCUT2D eigenvalue weighted by atomic mass is 35.5. The van der Waals surface area contributed by atoms with Gasteiger partial charge in [0.1, 0.15) is 35.2 Å². The molecule has 188 valence electrons. The van der Waals surface area contributed by atoms with Gasteiger partial charge in [0.05, 0.1) is 5.69 Å². The van der Waals surface area contributed by atoms with Gasteiger partial charge < -0.3 is 17.0 Å². The number of benzene rings is 5. The van der Waals surface area contributed by atoms with E-state index in [0.717, 1.165) is 11.7 Å². The minimum absolute atomic E-state index is 0. The molecule has 0 unspecified atom stereocenters. The first-order valence-corrected chi connectivity index (χ1v) is 14.5. The summed E-state index contributed by atoms with van der Waals surface area (Å²) in [5.74, 6) is -0.217. The lowest BCUT2D eigenvalue weighted by molar-refractivity contribution is -0.00000775. The van der Waals surface area contributed by atoms with E-state index >= 15 is 0 Å². The topological polar surface area (TPSA) is 4.93 Å². The van der Waals surface area contributed by atoms with Crippen LogP contribution >= 0.6 is 7.26 Å². The van der Waals surface area contributed by atoms with E-state index < -0.39 is 7.26 Å². The Bertz CT molecular complexity index is 1550. The van der Waals surface area contributed by atoms with Crippen molar-refractivity contribution in [2.24, 2.45) is 7.05 Å². The van der Waals surface area contributed by atoms with Crippen LogP contribution in [0.4, 0.5) is 4.39 Å². The van der Waals surface area contributed by atoms with Gasteiger partial charge in [-0.15, -0.1) is 0 Å². The molecule has 38 heavy (non-hydrogen) atoms. The largest absolute Gasteiger partial charge is 1.00 e. The maximum Gasteiger partial charge on any atom is 0.123 e. The first kappa shape index (κ1) is 25.9. The summed E-state index contributed by atoms with van der Waals surface area (Å²) in [4.78, 5) is 0. The second-order valence-corrected chi connectivity index (χ2v) is 12.9. The predicted molar refractivity (Wildman–Crippen MR) is 157 cm³/mol. The van der Waals surface area contributed by atoms with E-state index in [-0.39, 0.29) is 18.2 Å². The highest BCUT2D eigenvalue weighted by molar-refractivity contribution is 7.95. The summed E-state index contributed by atoms with van der Waals surface area (Å²) in [6.45, 7) is 0. The molecular weight excluding hydrogens is 508 g/mol. The molecule has 1 heterocycles. The lowest BCUT2D eigenvalue weighted by Crippen LogP contribution is -3.00. The first-order valence-electron chi connectivity index (χ1n) is 12.6. The van der Waals surface area contributed by atoms with Gasteiger partial charge in [-0.3, -0.25) is 0 Å². The normalized spacial score (nSPS) is 11.3. The average molecular weight is 536 g/mol. The second-order valence-electron chi connectivity index (χ2n) is 9.38. The molecule has 4 heteroatoms. The molecular formula is C34H28ClFNP. The van der Waals surface area contributed by atoms with E-state index in [1.54, 1.807) is 12.1 Å². The molecule has 0 aliphatic rings. The van der Waals surface area contributed by atoms with Gasteiger partial charge >= 0.3 is 0 Å². The maximum absolute atomic E-state index is 14.0. The van der Waals surface area contributed by atoms with Crippen molar-refractivity contribution in [1.82, 2.24) is 4.57 Å². The summed E-state index contributed by atoms with van der Waals surface area (Å²) in [5.41, 5.74) is 4.67. The van der Waals surface area contributed by atoms with Crippen LogP contribution in [0.15, 0.2) is 140 Å². The molecule has 0 aliphatic heterocycles. The summed E-state index contributed by atoms with van der Waals surface area (Å²) in [6, 6.07) is 48.4. The molecule has 6 aromatic rings. The molecule has 0 saturated heterocycles. The van der Waals surface area contributed by atoms with E-state index in [9.17, 15) is 4.39 Å². The van der Waals surface area contributed by atoms with Crippen molar-refractivity contribution in [3.8, 4) is 11.1 Å². The Morgan fingerprint density at radius 3 is 1.53 bits per heavy atom. The van der Waals surface area contributed by atoms with E-state index in [1.165, 1.54) is 38.1 Å². The maximum atomic E-state index is 14.0. The number of hydrogen-bond acceptors (Lipinski definition) is 0. The van der Waals surface area contributed by atoms with E-state index in [4.69, 9.17) is 0 Å². The predicted octanol–water partition coefficient (Wildman–Crippen LogP) is 4.48. The molecule has 5 aromatic carbocycles. The van der Waals surface area contributed by atoms with E-state index in [1.807, 2.05) is 12.1 Å². The number of hydrogen-bond donors (Lipinski definition) is 0. The van der Waals surface area contributed by atoms with Crippen molar-refractivity contribution in [1.29, 1.82) is 0 Å². The lowest BCUT2D eigenvalue weighted by Gasteiger charge is -2.28. The number of para-hydroxylation sites is 1. The van der Waals surface area contributed by atoms with Crippen molar-refractivity contribution in [3.63, 3.8) is 0 Å². The number of nitrogens with zero attached hydrogens (tertiary/aromatic N) is 1. The Morgan fingerprint density at radius 2 is 1.03 bits per heavy atom. The van der Waals surface area contributed by atoms with Gasteiger partial charge in [-0.2, -0.15) is 0 Å². The molecule has 0 bridgehead atoms. The zero-order valence-corrected chi connectivity index (χ0v) is 22.8. The van der Waals surface area contributed by atoms with Crippen LogP contribution in [-0.4, -0.2) is 4.57 Å². The summed E-state index contributed by atoms with van der Waals surface area (Å²) in [5, 5.41) is 5.24. The Kier molecular flexibility index (Phi) is 7.47. The standard InChI is InChI=1S/C34H28FNP.ClH/c1-36-32-20-12-11-19-31(32)34(26-21-23-27(35)24-22-26)33(36)25-37(28-13-5-2-6-14-28,29-15-7-3-8-16-29)30-17-9-4-10-18-30;/h2-24H,25H2,1H3;1H/q+1;/p-1. The van der Waals surface area contributed by atoms with Gasteiger partial charge in [0, 0.05) is 23.5 Å². The first-order chi connectivity index (χ1) is 18.2. The fourth-order valence-corrected chi connectivity index (χ4v) is 9.87. The van der Waals surface area contributed by atoms with Gasteiger partial charge in [0.15, 0.2) is 0 Å². The van der Waals surface area contributed by atoms with Crippen LogP contribution in [-0.2, 0) is 13.2 Å². The molecule has 1 nitrogen and oxygen atoms in total. The molecule has 6 rings (SSSR count). The van der Waals surface area contributed by atoms with Crippen molar-refractivity contribution in [3.05, 3.63) is 151 Å². The summed E-state index contributed by atoms with van der Waals surface area (Å²) >= 11 is 0. The summed E-state index contributed by atoms with van der Waals surface area (Å²) in [6.07, 6.45) is 0.850. The highest BCUT2D eigenvalue weighted by Gasteiger charge is 2.46. The summed E-state index contributed by atoms with van der Waals surface area (Å²) in [7, 11) is 0.0578. The lowest BCUT2D eigenvalue weighted by atomic mass is 10.0. The average Bonchev–Trinajstić information content (AvgIpc) is 3.24. The molecule has 0 N–H and O–H groups in total. The molecule has 0 spiro atoms. The Balaban J connectivity index is 0.00000294. The SMILES string of the molecule is Cn1c(C[P+](c2ccccc2)(c2ccccc2)c2ccccc2)c(-c2ccc(F)cc2)c2ccccc21.[Cl-]. The molecule has 0 saturated carbocycles. The van der Waals surface area contributed by atoms with Crippen LogP contribution in [0.25, 0.3) is 22.0 Å².